The largest absolute Gasteiger partial charge is 1.00 e. The fourth-order valence-corrected chi connectivity index (χ4v) is 3.82. The molecule has 152 valence electrons. The number of hydrogen-bond donors (Lipinski definition) is 1. The minimum absolute atomic E-state index is 0. The summed E-state index contributed by atoms with van der Waals surface area (Å²) in [6, 6.07) is 0. The first kappa shape index (κ1) is 29.7. The van der Waals surface area contributed by atoms with Crippen molar-refractivity contribution in [2.24, 2.45) is 0 Å². The molecule has 6 heteroatoms. The van der Waals surface area contributed by atoms with E-state index in [1.165, 1.54) is 64.2 Å². The molecule has 26 heavy (non-hydrogen) atoms. The smallest absolute Gasteiger partial charge is 0.748 e. The minimum atomic E-state index is -4.01. The van der Waals surface area contributed by atoms with E-state index in [1.54, 1.807) is 0 Å². The monoisotopic (exact) mass is 416 g/mol. The molecular weight excluding hydrogens is 375 g/mol. The van der Waals surface area contributed by atoms with Gasteiger partial charge in [-0.25, -0.2) is 8.42 Å². The first-order valence-corrected chi connectivity index (χ1v) is 12.1. The molecule has 0 fully saturated rings. The van der Waals surface area contributed by atoms with E-state index in [4.69, 9.17) is 0 Å². The zero-order valence-corrected chi connectivity index (χ0v) is 21.3. The van der Waals surface area contributed by atoms with E-state index in [1.807, 2.05) is 0 Å². The maximum Gasteiger partial charge on any atom is 1.00 e. The standard InChI is InChI=1S/C20H42O4S.K/c1-2-17-20(21)18-15-13-11-9-7-5-3-4-6-8-10-12-14-16-19-25(22,23)24;/h20-21H,2-19H2,1H3,(H,22,23,24);/q;+1/p-1. The average Bonchev–Trinajstić information content (AvgIpc) is 2.53. The Morgan fingerprint density at radius 3 is 1.38 bits per heavy atom. The van der Waals surface area contributed by atoms with Crippen LogP contribution >= 0.6 is 0 Å². The molecule has 0 aromatic carbocycles. The van der Waals surface area contributed by atoms with E-state index < -0.39 is 10.1 Å². The molecule has 0 radical (unpaired) electrons. The van der Waals surface area contributed by atoms with Crippen LogP contribution in [0.5, 0.6) is 0 Å². The molecule has 0 heterocycles. The van der Waals surface area contributed by atoms with Crippen molar-refractivity contribution in [3.05, 3.63) is 0 Å². The second kappa shape index (κ2) is 21.2. The summed E-state index contributed by atoms with van der Waals surface area (Å²) in [5.41, 5.74) is 0. The van der Waals surface area contributed by atoms with Crippen molar-refractivity contribution < 1.29 is 69.5 Å². The van der Waals surface area contributed by atoms with E-state index >= 15 is 0 Å². The molecule has 0 aliphatic carbocycles. The third kappa shape index (κ3) is 25.5. The zero-order chi connectivity index (χ0) is 18.8. The van der Waals surface area contributed by atoms with E-state index in [9.17, 15) is 18.1 Å². The minimum Gasteiger partial charge on any atom is -0.748 e. The van der Waals surface area contributed by atoms with Crippen LogP contribution in [0.1, 0.15) is 116 Å². The Kier molecular flexibility index (Phi) is 24.2. The normalized spacial score (nSPS) is 12.7. The number of rotatable bonds is 19. The molecule has 0 aromatic heterocycles. The van der Waals surface area contributed by atoms with Gasteiger partial charge >= 0.3 is 51.4 Å². The van der Waals surface area contributed by atoms with Crippen LogP contribution in [0.3, 0.4) is 0 Å². The number of unbranched alkanes of at least 4 members (excludes halogenated alkanes) is 13. The van der Waals surface area contributed by atoms with E-state index in [2.05, 4.69) is 6.92 Å². The molecule has 0 saturated heterocycles. The topological polar surface area (TPSA) is 77.4 Å². The van der Waals surface area contributed by atoms with E-state index in [-0.39, 0.29) is 63.2 Å². The Morgan fingerprint density at radius 2 is 1.04 bits per heavy atom. The van der Waals surface area contributed by atoms with Crippen LogP contribution in [0.2, 0.25) is 0 Å². The van der Waals surface area contributed by atoms with Gasteiger partial charge in [0, 0.05) is 5.75 Å². The number of hydrogen-bond acceptors (Lipinski definition) is 4. The van der Waals surface area contributed by atoms with Crippen molar-refractivity contribution in [1.82, 2.24) is 0 Å². The molecule has 0 aliphatic heterocycles. The number of aliphatic hydroxyl groups excluding tert-OH is 1. The summed E-state index contributed by atoms with van der Waals surface area (Å²) in [5.74, 6) is -0.202. The average molecular weight is 417 g/mol. The molecule has 0 aliphatic rings. The quantitative estimate of drug-likeness (QED) is 0.199. The second-order valence-corrected chi connectivity index (χ2v) is 8.97. The van der Waals surface area contributed by atoms with E-state index in [0.29, 0.717) is 6.42 Å². The van der Waals surface area contributed by atoms with Crippen molar-refractivity contribution in [1.29, 1.82) is 0 Å². The summed E-state index contributed by atoms with van der Waals surface area (Å²) in [4.78, 5) is 0. The van der Waals surface area contributed by atoms with Crippen LogP contribution in [0.15, 0.2) is 0 Å². The van der Waals surface area contributed by atoms with Gasteiger partial charge in [0.25, 0.3) is 0 Å². The molecule has 1 atom stereocenters. The molecule has 1 N–H and O–H groups in total. The molecule has 0 spiro atoms. The van der Waals surface area contributed by atoms with Crippen LogP contribution in [0, 0.1) is 0 Å². The molecule has 0 rings (SSSR count). The molecule has 0 saturated carbocycles. The van der Waals surface area contributed by atoms with Crippen LogP contribution in [0.25, 0.3) is 0 Å². The van der Waals surface area contributed by atoms with Gasteiger partial charge in [0.05, 0.1) is 16.2 Å². The first-order valence-electron chi connectivity index (χ1n) is 10.6. The fraction of sp³-hybridized carbons (Fsp3) is 1.00. The van der Waals surface area contributed by atoms with E-state index in [0.717, 1.165) is 38.5 Å². The first-order chi connectivity index (χ1) is 12.0. The van der Waals surface area contributed by atoms with Gasteiger partial charge in [-0.05, 0) is 19.3 Å². The van der Waals surface area contributed by atoms with Crippen LogP contribution in [0.4, 0.5) is 0 Å². The third-order valence-corrected chi connectivity index (χ3v) is 5.59. The third-order valence-electron chi connectivity index (χ3n) is 4.80. The summed E-state index contributed by atoms with van der Waals surface area (Å²) in [7, 11) is -4.01. The van der Waals surface area contributed by atoms with Crippen molar-refractivity contribution in [2.45, 2.75) is 122 Å². The maximum atomic E-state index is 10.5. The van der Waals surface area contributed by atoms with Crippen molar-refractivity contribution in [3.8, 4) is 0 Å². The van der Waals surface area contributed by atoms with Gasteiger partial charge in [0.1, 0.15) is 0 Å². The van der Waals surface area contributed by atoms with Gasteiger partial charge in [-0.1, -0.05) is 96.8 Å². The maximum absolute atomic E-state index is 10.5. The second-order valence-electron chi connectivity index (χ2n) is 7.44. The van der Waals surface area contributed by atoms with Crippen LogP contribution in [-0.2, 0) is 10.1 Å². The van der Waals surface area contributed by atoms with Gasteiger partial charge in [-0.15, -0.1) is 0 Å². The number of aliphatic hydroxyl groups is 1. The molecule has 0 aromatic rings. The molecule has 0 bridgehead atoms. The summed E-state index contributed by atoms with van der Waals surface area (Å²) < 4.78 is 31.4. The molecule has 4 nitrogen and oxygen atoms in total. The SMILES string of the molecule is CCCC(O)CCCCCCCCCCCCCCCCS(=O)(=O)[O-].[K+]. The Labute approximate surface area is 205 Å². The predicted molar refractivity (Wildman–Crippen MR) is 105 cm³/mol. The Hall–Kier alpha value is 1.51. The van der Waals surface area contributed by atoms with Crippen LogP contribution < -0.4 is 51.4 Å². The van der Waals surface area contributed by atoms with Gasteiger partial charge in [-0.3, -0.25) is 0 Å². The summed E-state index contributed by atoms with van der Waals surface area (Å²) >= 11 is 0. The summed E-state index contributed by atoms with van der Waals surface area (Å²) in [6.45, 7) is 2.12. The molecule has 1 unspecified atom stereocenters. The van der Waals surface area contributed by atoms with Gasteiger partial charge in [0.2, 0.25) is 0 Å². The van der Waals surface area contributed by atoms with Crippen molar-refractivity contribution in [2.75, 3.05) is 5.75 Å². The molecule has 0 amide bonds. The van der Waals surface area contributed by atoms with Crippen molar-refractivity contribution >= 4 is 10.1 Å². The van der Waals surface area contributed by atoms with Gasteiger partial charge in [-0.2, -0.15) is 0 Å². The summed E-state index contributed by atoms with van der Waals surface area (Å²) in [6.07, 6.45) is 19.3. The molecular formula is C20H41KO4S. The van der Waals surface area contributed by atoms with Gasteiger partial charge in [0.15, 0.2) is 0 Å². The van der Waals surface area contributed by atoms with Crippen molar-refractivity contribution in [3.63, 3.8) is 0 Å². The Balaban J connectivity index is 0. The summed E-state index contributed by atoms with van der Waals surface area (Å²) in [5, 5.41) is 9.65. The predicted octanol–water partition coefficient (Wildman–Crippen LogP) is 2.55. The fourth-order valence-electron chi connectivity index (χ4n) is 3.26. The Morgan fingerprint density at radius 1 is 0.692 bits per heavy atom. The Bertz CT molecular complexity index is 374. The van der Waals surface area contributed by atoms with Gasteiger partial charge < -0.3 is 9.66 Å². The van der Waals surface area contributed by atoms with Crippen LogP contribution in [-0.4, -0.2) is 29.9 Å². The zero-order valence-electron chi connectivity index (χ0n) is 17.4.